The number of ether oxygens (including phenoxy) is 3. The lowest BCUT2D eigenvalue weighted by atomic mass is 10.1. The van der Waals surface area contributed by atoms with Gasteiger partial charge in [-0.1, -0.05) is 35.9 Å². The number of methoxy groups -OCH3 is 2. The zero-order valence-electron chi connectivity index (χ0n) is 20.4. The van der Waals surface area contributed by atoms with E-state index in [0.29, 0.717) is 22.6 Å². The number of benzene rings is 3. The van der Waals surface area contributed by atoms with Crippen molar-refractivity contribution in [2.24, 2.45) is 0 Å². The van der Waals surface area contributed by atoms with E-state index in [2.05, 4.69) is 10.6 Å². The van der Waals surface area contributed by atoms with Crippen LogP contribution < -0.4 is 24.8 Å². The predicted octanol–water partition coefficient (Wildman–Crippen LogP) is 4.61. The minimum absolute atomic E-state index is 0.0494. The molecule has 0 atom stereocenters. The summed E-state index contributed by atoms with van der Waals surface area (Å²) in [7, 11) is 2.88. The van der Waals surface area contributed by atoms with Crippen LogP contribution in [0.2, 0.25) is 5.02 Å². The van der Waals surface area contributed by atoms with Crippen LogP contribution in [-0.2, 0) is 16.2 Å². The Labute approximate surface area is 222 Å². The number of para-hydroxylation sites is 2. The SMILES string of the molecule is COc1ccccc1NC(=O)CN1C(=O)N/C(=C/c2cc(Cl)c(OCc3cccc(F)c3)c(OC)c2)C1=O. The molecule has 1 aliphatic rings. The summed E-state index contributed by atoms with van der Waals surface area (Å²) in [5.41, 5.74) is 1.40. The van der Waals surface area contributed by atoms with Crippen LogP contribution in [0.4, 0.5) is 14.9 Å². The molecular formula is C27H23ClFN3O6. The molecule has 38 heavy (non-hydrogen) atoms. The highest BCUT2D eigenvalue weighted by atomic mass is 35.5. The Morgan fingerprint density at radius 1 is 1.05 bits per heavy atom. The first-order valence-corrected chi connectivity index (χ1v) is 11.7. The minimum Gasteiger partial charge on any atom is -0.495 e. The largest absolute Gasteiger partial charge is 0.495 e. The number of halogens is 2. The van der Waals surface area contributed by atoms with E-state index in [1.807, 2.05) is 0 Å². The zero-order valence-corrected chi connectivity index (χ0v) is 21.2. The number of imide groups is 1. The minimum atomic E-state index is -0.746. The van der Waals surface area contributed by atoms with E-state index < -0.39 is 24.4 Å². The van der Waals surface area contributed by atoms with E-state index >= 15 is 0 Å². The molecule has 1 fully saturated rings. The highest BCUT2D eigenvalue weighted by Crippen LogP contribution is 2.37. The Balaban J connectivity index is 1.47. The fourth-order valence-electron chi connectivity index (χ4n) is 3.71. The molecule has 0 aromatic heterocycles. The average molecular weight is 540 g/mol. The van der Waals surface area contributed by atoms with Crippen molar-refractivity contribution < 1.29 is 33.0 Å². The average Bonchev–Trinajstić information content (AvgIpc) is 3.15. The summed E-state index contributed by atoms with van der Waals surface area (Å²) in [6, 6.07) is 15.1. The Bertz CT molecular complexity index is 1430. The predicted molar refractivity (Wildman–Crippen MR) is 139 cm³/mol. The van der Waals surface area contributed by atoms with Crippen molar-refractivity contribution in [3.05, 3.63) is 88.3 Å². The fraction of sp³-hybridized carbons (Fsp3) is 0.148. The molecule has 0 radical (unpaired) electrons. The van der Waals surface area contributed by atoms with Gasteiger partial charge in [0.2, 0.25) is 5.91 Å². The van der Waals surface area contributed by atoms with E-state index in [4.69, 9.17) is 25.8 Å². The van der Waals surface area contributed by atoms with Crippen molar-refractivity contribution in [1.82, 2.24) is 10.2 Å². The van der Waals surface area contributed by atoms with Gasteiger partial charge >= 0.3 is 6.03 Å². The van der Waals surface area contributed by atoms with Gasteiger partial charge in [-0.05, 0) is 53.6 Å². The molecule has 3 aromatic carbocycles. The topological polar surface area (TPSA) is 106 Å². The maximum Gasteiger partial charge on any atom is 0.329 e. The molecule has 1 aliphatic heterocycles. The molecule has 0 spiro atoms. The lowest BCUT2D eigenvalue weighted by molar-refractivity contribution is -0.127. The third-order valence-corrected chi connectivity index (χ3v) is 5.76. The van der Waals surface area contributed by atoms with Gasteiger partial charge < -0.3 is 24.8 Å². The molecule has 2 N–H and O–H groups in total. The first kappa shape index (κ1) is 26.5. The standard InChI is InChI=1S/C27H23ClFN3O6/c1-36-22-9-4-3-8-20(22)30-24(33)14-32-26(34)21(31-27(32)35)12-17-11-19(28)25(23(13-17)37-2)38-15-16-6-5-7-18(29)10-16/h3-13H,14-15H2,1-2H3,(H,30,33)(H,31,35)/b21-12+. The molecule has 1 saturated heterocycles. The number of carbonyl (C=O) groups excluding carboxylic acids is 3. The maximum atomic E-state index is 13.4. The number of amides is 4. The Kier molecular flexibility index (Phi) is 8.12. The monoisotopic (exact) mass is 539 g/mol. The van der Waals surface area contributed by atoms with Crippen LogP contribution in [-0.4, -0.2) is 43.5 Å². The third-order valence-electron chi connectivity index (χ3n) is 5.48. The van der Waals surface area contributed by atoms with Crippen molar-refractivity contribution in [2.45, 2.75) is 6.61 Å². The molecule has 1 heterocycles. The Hall–Kier alpha value is -4.57. The number of rotatable bonds is 9. The number of urea groups is 1. The summed E-state index contributed by atoms with van der Waals surface area (Å²) in [5.74, 6) is -0.716. The number of hydrogen-bond acceptors (Lipinski definition) is 6. The summed E-state index contributed by atoms with van der Waals surface area (Å²) in [4.78, 5) is 38.6. The number of anilines is 1. The van der Waals surface area contributed by atoms with Gasteiger partial charge in [0.25, 0.3) is 5.91 Å². The van der Waals surface area contributed by atoms with E-state index in [-0.39, 0.29) is 34.6 Å². The molecule has 9 nitrogen and oxygen atoms in total. The second-order valence-corrected chi connectivity index (χ2v) is 8.49. The smallest absolute Gasteiger partial charge is 0.329 e. The van der Waals surface area contributed by atoms with E-state index in [0.717, 1.165) is 4.90 Å². The second-order valence-electron chi connectivity index (χ2n) is 8.08. The summed E-state index contributed by atoms with van der Waals surface area (Å²) in [6.07, 6.45) is 1.41. The summed E-state index contributed by atoms with van der Waals surface area (Å²) < 4.78 is 29.8. The van der Waals surface area contributed by atoms with Gasteiger partial charge in [0.15, 0.2) is 11.5 Å². The molecule has 11 heteroatoms. The van der Waals surface area contributed by atoms with Crippen LogP contribution in [0.15, 0.2) is 66.4 Å². The summed E-state index contributed by atoms with van der Waals surface area (Å²) >= 11 is 6.41. The molecule has 0 saturated carbocycles. The first-order valence-electron chi connectivity index (χ1n) is 11.3. The highest BCUT2D eigenvalue weighted by Gasteiger charge is 2.35. The van der Waals surface area contributed by atoms with Crippen molar-refractivity contribution in [1.29, 1.82) is 0 Å². The molecule has 0 unspecified atom stereocenters. The molecule has 196 valence electrons. The fourth-order valence-corrected chi connectivity index (χ4v) is 3.98. The van der Waals surface area contributed by atoms with E-state index in [1.165, 1.54) is 38.5 Å². The van der Waals surface area contributed by atoms with Crippen LogP contribution in [0, 0.1) is 5.82 Å². The molecular weight excluding hydrogens is 517 g/mol. The van der Waals surface area contributed by atoms with Gasteiger partial charge in [-0.15, -0.1) is 0 Å². The van der Waals surface area contributed by atoms with Crippen molar-refractivity contribution in [2.75, 3.05) is 26.1 Å². The summed E-state index contributed by atoms with van der Waals surface area (Å²) in [5, 5.41) is 5.26. The van der Waals surface area contributed by atoms with Crippen molar-refractivity contribution in [3.8, 4) is 17.2 Å². The molecule has 3 aromatic rings. The van der Waals surface area contributed by atoms with Crippen LogP contribution in [0.25, 0.3) is 6.08 Å². The Morgan fingerprint density at radius 2 is 1.82 bits per heavy atom. The van der Waals surface area contributed by atoms with Gasteiger partial charge in [0.1, 0.15) is 30.4 Å². The van der Waals surface area contributed by atoms with E-state index in [9.17, 15) is 18.8 Å². The van der Waals surface area contributed by atoms with Gasteiger partial charge in [-0.3, -0.25) is 9.59 Å². The number of carbonyl (C=O) groups is 3. The second kappa shape index (κ2) is 11.7. The van der Waals surface area contributed by atoms with Crippen LogP contribution in [0.1, 0.15) is 11.1 Å². The van der Waals surface area contributed by atoms with Gasteiger partial charge in [-0.25, -0.2) is 14.1 Å². The number of hydrogen-bond donors (Lipinski definition) is 2. The van der Waals surface area contributed by atoms with Crippen LogP contribution in [0.5, 0.6) is 17.2 Å². The van der Waals surface area contributed by atoms with Crippen molar-refractivity contribution >= 4 is 41.2 Å². The van der Waals surface area contributed by atoms with Crippen molar-refractivity contribution in [3.63, 3.8) is 0 Å². The van der Waals surface area contributed by atoms with Crippen LogP contribution in [0.3, 0.4) is 0 Å². The molecule has 4 rings (SSSR count). The maximum absolute atomic E-state index is 13.4. The lowest BCUT2D eigenvalue weighted by Crippen LogP contribution is -2.38. The molecule has 4 amide bonds. The van der Waals surface area contributed by atoms with E-state index in [1.54, 1.807) is 42.5 Å². The number of nitrogens with zero attached hydrogens (tertiary/aromatic N) is 1. The van der Waals surface area contributed by atoms with Gasteiger partial charge in [0, 0.05) is 0 Å². The Morgan fingerprint density at radius 3 is 2.55 bits per heavy atom. The normalized spacial score (nSPS) is 13.9. The lowest BCUT2D eigenvalue weighted by Gasteiger charge is -2.14. The van der Waals surface area contributed by atoms with Gasteiger partial charge in [-0.2, -0.15) is 0 Å². The quantitative estimate of drug-likeness (QED) is 0.304. The zero-order chi connectivity index (χ0) is 27.2. The summed E-state index contributed by atoms with van der Waals surface area (Å²) in [6.45, 7) is -0.453. The third kappa shape index (κ3) is 6.04. The molecule has 0 bridgehead atoms. The highest BCUT2D eigenvalue weighted by molar-refractivity contribution is 6.32. The molecule has 0 aliphatic carbocycles. The first-order chi connectivity index (χ1) is 18.3. The van der Waals surface area contributed by atoms with Crippen LogP contribution >= 0.6 is 11.6 Å². The number of nitrogens with one attached hydrogen (secondary N) is 2. The van der Waals surface area contributed by atoms with Gasteiger partial charge in [0.05, 0.1) is 24.9 Å².